The van der Waals surface area contributed by atoms with Crippen LogP contribution in [0.2, 0.25) is 0 Å². The first-order valence-electron chi connectivity index (χ1n) is 4.56. The van der Waals surface area contributed by atoms with Crippen molar-refractivity contribution in [3.8, 4) is 0 Å². The minimum Gasteiger partial charge on any atom is -0.253 e. The highest BCUT2D eigenvalue weighted by Crippen LogP contribution is 2.26. The molecule has 3 nitrogen and oxygen atoms in total. The summed E-state index contributed by atoms with van der Waals surface area (Å²) in [6.07, 6.45) is 7.59. The number of rotatable bonds is 2. The lowest BCUT2D eigenvalue weighted by molar-refractivity contribution is 0.505. The molecule has 0 N–H and O–H groups in total. The summed E-state index contributed by atoms with van der Waals surface area (Å²) in [7, 11) is -0.845. The van der Waals surface area contributed by atoms with E-state index in [0.717, 1.165) is 17.1 Å². The zero-order chi connectivity index (χ0) is 9.10. The van der Waals surface area contributed by atoms with Gasteiger partial charge in [0.2, 0.25) is 0 Å². The SMILES string of the molecule is O=S(c1cnns1)C1CCCCC1. The molecule has 0 saturated heterocycles. The van der Waals surface area contributed by atoms with E-state index < -0.39 is 10.8 Å². The van der Waals surface area contributed by atoms with Gasteiger partial charge in [-0.1, -0.05) is 23.8 Å². The number of hydrogen-bond acceptors (Lipinski definition) is 4. The van der Waals surface area contributed by atoms with Crippen molar-refractivity contribution in [2.75, 3.05) is 0 Å². The average molecular weight is 216 g/mol. The Morgan fingerprint density at radius 3 is 2.77 bits per heavy atom. The van der Waals surface area contributed by atoms with Gasteiger partial charge in [0, 0.05) is 5.25 Å². The molecule has 1 fully saturated rings. The lowest BCUT2D eigenvalue weighted by Gasteiger charge is -2.19. The molecule has 0 aliphatic heterocycles. The van der Waals surface area contributed by atoms with Gasteiger partial charge in [-0.05, 0) is 24.4 Å². The molecule has 1 aromatic heterocycles. The molecule has 13 heavy (non-hydrogen) atoms. The van der Waals surface area contributed by atoms with Crippen LogP contribution in [0.25, 0.3) is 0 Å². The third kappa shape index (κ3) is 2.14. The molecule has 5 heteroatoms. The molecule has 1 aliphatic carbocycles. The first-order chi connectivity index (χ1) is 6.38. The Kier molecular flexibility index (Phi) is 3.05. The molecule has 0 amide bonds. The highest BCUT2D eigenvalue weighted by Gasteiger charge is 2.22. The van der Waals surface area contributed by atoms with Crippen LogP contribution in [0.15, 0.2) is 10.4 Å². The van der Waals surface area contributed by atoms with Crippen LogP contribution in [0.1, 0.15) is 32.1 Å². The van der Waals surface area contributed by atoms with Crippen molar-refractivity contribution in [1.82, 2.24) is 9.59 Å². The Labute approximate surface area is 84.2 Å². The molecular formula is C8H12N2OS2. The second kappa shape index (κ2) is 4.28. The van der Waals surface area contributed by atoms with Gasteiger partial charge >= 0.3 is 0 Å². The zero-order valence-electron chi connectivity index (χ0n) is 7.31. The first-order valence-corrected chi connectivity index (χ1v) is 6.54. The molecule has 1 atom stereocenters. The van der Waals surface area contributed by atoms with Crippen LogP contribution < -0.4 is 0 Å². The molecule has 0 radical (unpaired) electrons. The molecule has 2 rings (SSSR count). The van der Waals surface area contributed by atoms with E-state index in [1.807, 2.05) is 0 Å². The molecule has 1 heterocycles. The van der Waals surface area contributed by atoms with E-state index in [4.69, 9.17) is 0 Å². The second-order valence-electron chi connectivity index (χ2n) is 3.29. The molecule has 1 aromatic rings. The third-order valence-electron chi connectivity index (χ3n) is 2.39. The van der Waals surface area contributed by atoms with Gasteiger partial charge < -0.3 is 0 Å². The Morgan fingerprint density at radius 1 is 1.38 bits per heavy atom. The van der Waals surface area contributed by atoms with Gasteiger partial charge in [0.15, 0.2) is 0 Å². The monoisotopic (exact) mass is 216 g/mol. The third-order valence-corrected chi connectivity index (χ3v) is 5.15. The Morgan fingerprint density at radius 2 is 2.15 bits per heavy atom. The summed E-state index contributed by atoms with van der Waals surface area (Å²) in [4.78, 5) is 0. The fourth-order valence-electron chi connectivity index (χ4n) is 1.69. The van der Waals surface area contributed by atoms with Crippen molar-refractivity contribution in [1.29, 1.82) is 0 Å². The quantitative estimate of drug-likeness (QED) is 0.759. The van der Waals surface area contributed by atoms with Gasteiger partial charge in [-0.3, -0.25) is 4.21 Å². The van der Waals surface area contributed by atoms with E-state index in [2.05, 4.69) is 9.59 Å². The van der Waals surface area contributed by atoms with Crippen molar-refractivity contribution in [2.45, 2.75) is 41.6 Å². The Balaban J connectivity index is 2.04. The molecule has 1 unspecified atom stereocenters. The number of aromatic nitrogens is 2. The molecule has 0 spiro atoms. The fraction of sp³-hybridized carbons (Fsp3) is 0.750. The number of nitrogens with zero attached hydrogens (tertiary/aromatic N) is 2. The maximum atomic E-state index is 11.9. The van der Waals surface area contributed by atoms with E-state index in [0.29, 0.717) is 5.25 Å². The summed E-state index contributed by atoms with van der Waals surface area (Å²) < 4.78 is 16.5. The summed E-state index contributed by atoms with van der Waals surface area (Å²) in [6.45, 7) is 0. The van der Waals surface area contributed by atoms with Gasteiger partial charge in [0.1, 0.15) is 4.21 Å². The fourth-order valence-corrected chi connectivity index (χ4v) is 4.00. The lowest BCUT2D eigenvalue weighted by Crippen LogP contribution is -2.17. The summed E-state index contributed by atoms with van der Waals surface area (Å²) in [6, 6.07) is 0. The van der Waals surface area contributed by atoms with Crippen LogP contribution in [-0.2, 0) is 10.8 Å². The lowest BCUT2D eigenvalue weighted by atomic mass is 10.0. The maximum absolute atomic E-state index is 11.9. The van der Waals surface area contributed by atoms with Gasteiger partial charge in [-0.2, -0.15) is 0 Å². The minimum atomic E-state index is -0.845. The van der Waals surface area contributed by atoms with Crippen LogP contribution in [0, 0.1) is 0 Å². The van der Waals surface area contributed by atoms with Gasteiger partial charge in [0.05, 0.1) is 17.0 Å². The van der Waals surface area contributed by atoms with Gasteiger partial charge in [-0.15, -0.1) is 5.10 Å². The number of hydrogen-bond donors (Lipinski definition) is 0. The molecule has 1 saturated carbocycles. The summed E-state index contributed by atoms with van der Waals surface area (Å²) in [5, 5.41) is 4.07. The van der Waals surface area contributed by atoms with E-state index >= 15 is 0 Å². The molecule has 1 aliphatic rings. The van der Waals surface area contributed by atoms with Crippen molar-refractivity contribution < 1.29 is 4.21 Å². The second-order valence-corrected chi connectivity index (χ2v) is 6.04. The Hall–Kier alpha value is -0.290. The highest BCUT2D eigenvalue weighted by atomic mass is 32.2. The van der Waals surface area contributed by atoms with Crippen molar-refractivity contribution >= 4 is 22.3 Å². The van der Waals surface area contributed by atoms with E-state index in [-0.39, 0.29) is 0 Å². The predicted octanol–water partition coefficient (Wildman–Crippen LogP) is 1.98. The van der Waals surface area contributed by atoms with E-state index in [1.165, 1.54) is 30.8 Å². The molecule has 72 valence electrons. The summed E-state index contributed by atoms with van der Waals surface area (Å²) >= 11 is 1.26. The summed E-state index contributed by atoms with van der Waals surface area (Å²) in [5.41, 5.74) is 0. The minimum absolute atomic E-state index is 0.357. The van der Waals surface area contributed by atoms with Crippen LogP contribution in [0.5, 0.6) is 0 Å². The van der Waals surface area contributed by atoms with Crippen molar-refractivity contribution in [3.63, 3.8) is 0 Å². The zero-order valence-corrected chi connectivity index (χ0v) is 8.94. The molecule has 0 bridgehead atoms. The largest absolute Gasteiger partial charge is 0.253 e. The van der Waals surface area contributed by atoms with Crippen molar-refractivity contribution in [3.05, 3.63) is 6.20 Å². The van der Waals surface area contributed by atoms with E-state index in [9.17, 15) is 4.21 Å². The standard InChI is InChI=1S/C8H12N2OS2/c11-13(8-6-9-10-12-8)7-4-2-1-3-5-7/h6-7H,1-5H2. The summed E-state index contributed by atoms with van der Waals surface area (Å²) in [5.74, 6) is 0. The average Bonchev–Trinajstić information content (AvgIpc) is 2.71. The Bertz CT molecular complexity index is 280. The van der Waals surface area contributed by atoms with Crippen LogP contribution in [-0.4, -0.2) is 19.0 Å². The topological polar surface area (TPSA) is 42.9 Å². The molecule has 0 aromatic carbocycles. The van der Waals surface area contributed by atoms with Gasteiger partial charge in [-0.25, -0.2) is 0 Å². The predicted molar refractivity (Wildman–Crippen MR) is 53.2 cm³/mol. The maximum Gasteiger partial charge on any atom is 0.132 e. The van der Waals surface area contributed by atoms with Crippen LogP contribution in [0.4, 0.5) is 0 Å². The van der Waals surface area contributed by atoms with Crippen LogP contribution in [0.3, 0.4) is 0 Å². The first kappa shape index (κ1) is 9.27. The molecular weight excluding hydrogens is 204 g/mol. The van der Waals surface area contributed by atoms with Crippen molar-refractivity contribution in [2.24, 2.45) is 0 Å². The van der Waals surface area contributed by atoms with Crippen LogP contribution >= 0.6 is 11.5 Å². The normalized spacial score (nSPS) is 21.5. The smallest absolute Gasteiger partial charge is 0.132 e. The van der Waals surface area contributed by atoms with Gasteiger partial charge in [0.25, 0.3) is 0 Å². The van der Waals surface area contributed by atoms with E-state index in [1.54, 1.807) is 6.20 Å². The highest BCUT2D eigenvalue weighted by molar-refractivity contribution is 7.87.